The first kappa shape index (κ1) is 29.3. The van der Waals surface area contributed by atoms with Crippen LogP contribution in [-0.4, -0.2) is 96.8 Å². The van der Waals surface area contributed by atoms with E-state index in [2.05, 4.69) is 15.1 Å². The van der Waals surface area contributed by atoms with Gasteiger partial charge >= 0.3 is 0 Å². The van der Waals surface area contributed by atoms with Gasteiger partial charge in [0.25, 0.3) is 5.91 Å². The first-order valence-corrected chi connectivity index (χ1v) is 15.9. The fraction of sp³-hybridized carbons (Fsp3) is 0.471. The van der Waals surface area contributed by atoms with Crippen molar-refractivity contribution < 1.29 is 33.0 Å². The standard InChI is InChI=1S/C34H36FN5O6/c1-44-17-23-14-38(13-20-10-21-2-6-29(36-31(21)26(35)11-20)40-9-8-34(40)18-45-19-34)16-28(23)46-24-3-4-25-22(12-24)15-39(33(25)43)27-5-7-30(41)37-32(27)42/h2-4,6,10-12,23,27-28H,5,7-9,13-19H2,1H3,(H,37,41,42)/t23-,27-,28+/m0/s1. The number of aromatic nitrogens is 1. The van der Waals surface area contributed by atoms with Crippen molar-refractivity contribution in [2.45, 2.75) is 50.0 Å². The number of rotatable bonds is 8. The number of carbonyl (C=O) groups excluding carboxylic acids is 3. The molecule has 1 N–H and O–H groups in total. The molecule has 1 aromatic heterocycles. The second kappa shape index (κ2) is 11.3. The Morgan fingerprint density at radius 3 is 2.72 bits per heavy atom. The molecule has 5 aliphatic heterocycles. The number of methoxy groups -OCH3 is 1. The van der Waals surface area contributed by atoms with E-state index in [0.29, 0.717) is 56.2 Å². The Balaban J connectivity index is 0.947. The van der Waals surface area contributed by atoms with E-state index in [4.69, 9.17) is 19.2 Å². The normalized spacial score (nSPS) is 25.5. The summed E-state index contributed by atoms with van der Waals surface area (Å²) in [5, 5.41) is 3.11. The molecule has 3 atom stereocenters. The van der Waals surface area contributed by atoms with Gasteiger partial charge in [-0.25, -0.2) is 9.37 Å². The second-order valence-electron chi connectivity index (χ2n) is 13.2. The molecule has 0 bridgehead atoms. The van der Waals surface area contributed by atoms with Crippen LogP contribution in [0.4, 0.5) is 10.2 Å². The van der Waals surface area contributed by atoms with E-state index in [9.17, 15) is 14.4 Å². The lowest BCUT2D eigenvalue weighted by atomic mass is 9.83. The Bertz CT molecular complexity index is 1740. The Morgan fingerprint density at radius 2 is 1.98 bits per heavy atom. The molecule has 5 aliphatic rings. The molecule has 3 aromatic rings. The number of nitrogens with zero attached hydrogens (tertiary/aromatic N) is 4. The van der Waals surface area contributed by atoms with Crippen LogP contribution in [0.1, 0.15) is 40.7 Å². The molecule has 0 radical (unpaired) electrons. The van der Waals surface area contributed by atoms with Crippen LogP contribution in [0, 0.1) is 11.7 Å². The van der Waals surface area contributed by atoms with Crippen LogP contribution in [0.5, 0.6) is 5.75 Å². The molecule has 8 rings (SSSR count). The number of benzene rings is 2. The topological polar surface area (TPSA) is 114 Å². The van der Waals surface area contributed by atoms with E-state index in [0.717, 1.165) is 41.8 Å². The lowest BCUT2D eigenvalue weighted by Crippen LogP contribution is -2.71. The van der Waals surface area contributed by atoms with Gasteiger partial charge in [0.1, 0.15) is 35.0 Å². The van der Waals surface area contributed by atoms with Crippen LogP contribution in [0.15, 0.2) is 42.5 Å². The number of hydrogen-bond donors (Lipinski definition) is 1. The summed E-state index contributed by atoms with van der Waals surface area (Å²) in [5.74, 6) is 0.248. The summed E-state index contributed by atoms with van der Waals surface area (Å²) in [6.07, 6.45) is 1.44. The van der Waals surface area contributed by atoms with Crippen molar-refractivity contribution >= 4 is 34.4 Å². The first-order chi connectivity index (χ1) is 22.3. The molecule has 0 saturated carbocycles. The molecule has 240 valence electrons. The second-order valence-corrected chi connectivity index (χ2v) is 13.2. The highest BCUT2D eigenvalue weighted by molar-refractivity contribution is 6.05. The van der Waals surface area contributed by atoms with Crippen molar-refractivity contribution in [3.8, 4) is 5.75 Å². The largest absolute Gasteiger partial charge is 0.489 e. The molecule has 3 amide bonds. The monoisotopic (exact) mass is 629 g/mol. The van der Waals surface area contributed by atoms with Crippen molar-refractivity contribution in [1.29, 1.82) is 0 Å². The minimum atomic E-state index is -0.663. The molecule has 0 aliphatic carbocycles. The predicted molar refractivity (Wildman–Crippen MR) is 165 cm³/mol. The molecule has 4 fully saturated rings. The maximum absolute atomic E-state index is 15.4. The van der Waals surface area contributed by atoms with Crippen LogP contribution >= 0.6 is 0 Å². The average Bonchev–Trinajstić information content (AvgIpc) is 3.51. The minimum absolute atomic E-state index is 0.0392. The van der Waals surface area contributed by atoms with Gasteiger partial charge in [-0.05, 0) is 66.4 Å². The molecular formula is C34H36FN5O6. The van der Waals surface area contributed by atoms with Gasteiger partial charge in [-0.3, -0.25) is 24.6 Å². The summed E-state index contributed by atoms with van der Waals surface area (Å²) in [7, 11) is 1.67. The zero-order valence-electron chi connectivity index (χ0n) is 25.7. The quantitative estimate of drug-likeness (QED) is 0.376. The Hall–Kier alpha value is -4.13. The lowest BCUT2D eigenvalue weighted by molar-refractivity contribution is -0.136. The number of pyridine rings is 1. The summed E-state index contributed by atoms with van der Waals surface area (Å²) < 4.78 is 32.9. The number of halogens is 1. The number of piperidine rings is 1. The van der Waals surface area contributed by atoms with E-state index in [-0.39, 0.29) is 48.2 Å². The van der Waals surface area contributed by atoms with E-state index < -0.39 is 11.9 Å². The maximum atomic E-state index is 15.4. The number of hydrogen-bond acceptors (Lipinski definition) is 9. The molecule has 2 aromatic carbocycles. The van der Waals surface area contributed by atoms with Crippen molar-refractivity contribution in [2.75, 3.05) is 51.5 Å². The predicted octanol–water partition coefficient (Wildman–Crippen LogP) is 2.64. The molecule has 11 nitrogen and oxygen atoms in total. The summed E-state index contributed by atoms with van der Waals surface area (Å²) >= 11 is 0. The van der Waals surface area contributed by atoms with E-state index >= 15 is 4.39 Å². The molecule has 46 heavy (non-hydrogen) atoms. The Labute approximate surface area is 265 Å². The lowest BCUT2D eigenvalue weighted by Gasteiger charge is -2.58. The minimum Gasteiger partial charge on any atom is -0.489 e. The summed E-state index contributed by atoms with van der Waals surface area (Å²) in [6.45, 7) is 5.02. The van der Waals surface area contributed by atoms with E-state index in [1.807, 2.05) is 24.3 Å². The number of amides is 3. The number of anilines is 1. The van der Waals surface area contributed by atoms with E-state index in [1.54, 1.807) is 25.3 Å². The summed E-state index contributed by atoms with van der Waals surface area (Å²) in [5.41, 5.74) is 2.62. The van der Waals surface area contributed by atoms with Crippen LogP contribution < -0.4 is 15.0 Å². The van der Waals surface area contributed by atoms with Crippen LogP contribution in [0.2, 0.25) is 0 Å². The van der Waals surface area contributed by atoms with Crippen LogP contribution in [-0.2, 0) is 32.2 Å². The van der Waals surface area contributed by atoms with Gasteiger partial charge in [-0.1, -0.05) is 0 Å². The maximum Gasteiger partial charge on any atom is 0.255 e. The first-order valence-electron chi connectivity index (χ1n) is 15.9. The van der Waals surface area contributed by atoms with Crippen molar-refractivity contribution in [1.82, 2.24) is 20.1 Å². The van der Waals surface area contributed by atoms with Gasteiger partial charge in [-0.2, -0.15) is 0 Å². The van der Waals surface area contributed by atoms with Gasteiger partial charge in [0, 0.05) is 63.1 Å². The number of likely N-dealkylation sites (tertiary alicyclic amines) is 1. The van der Waals surface area contributed by atoms with Crippen molar-refractivity contribution in [2.24, 2.45) is 5.92 Å². The SMILES string of the molecule is COC[C@@H]1CN(Cc2cc(F)c3nc(N4CCC45COC5)ccc3c2)C[C@H]1Oc1ccc2c(c1)CN([C@H]1CCC(=O)NC1=O)C2=O. The fourth-order valence-corrected chi connectivity index (χ4v) is 7.64. The zero-order valence-corrected chi connectivity index (χ0v) is 25.7. The molecule has 12 heteroatoms. The average molecular weight is 630 g/mol. The Morgan fingerprint density at radius 1 is 1.11 bits per heavy atom. The number of carbonyl (C=O) groups is 3. The van der Waals surface area contributed by atoms with Gasteiger partial charge in [0.2, 0.25) is 11.8 Å². The van der Waals surface area contributed by atoms with Crippen LogP contribution in [0.25, 0.3) is 10.9 Å². The zero-order chi connectivity index (χ0) is 31.6. The van der Waals surface area contributed by atoms with Gasteiger partial charge in [-0.15, -0.1) is 0 Å². The van der Waals surface area contributed by atoms with Gasteiger partial charge in [0.05, 0.1) is 25.4 Å². The highest BCUT2D eigenvalue weighted by atomic mass is 19.1. The Kier molecular flexibility index (Phi) is 7.18. The molecule has 6 heterocycles. The van der Waals surface area contributed by atoms with Crippen molar-refractivity contribution in [3.05, 3.63) is 65.0 Å². The van der Waals surface area contributed by atoms with Gasteiger partial charge < -0.3 is 24.0 Å². The third-order valence-corrected chi connectivity index (χ3v) is 10.2. The third-order valence-electron chi connectivity index (χ3n) is 10.2. The molecular weight excluding hydrogens is 593 g/mol. The smallest absolute Gasteiger partial charge is 0.255 e. The fourth-order valence-electron chi connectivity index (χ4n) is 7.64. The molecule has 0 unspecified atom stereocenters. The van der Waals surface area contributed by atoms with Crippen LogP contribution in [0.3, 0.4) is 0 Å². The summed E-state index contributed by atoms with van der Waals surface area (Å²) in [6, 6.07) is 12.3. The highest BCUT2D eigenvalue weighted by Crippen LogP contribution is 2.41. The molecule has 1 spiro atoms. The number of fused-ring (bicyclic) bond motifs is 2. The number of ether oxygens (including phenoxy) is 3. The van der Waals surface area contributed by atoms with Gasteiger partial charge in [0.15, 0.2) is 0 Å². The van der Waals surface area contributed by atoms with Crippen molar-refractivity contribution in [3.63, 3.8) is 0 Å². The number of nitrogens with one attached hydrogen (secondary N) is 1. The number of imide groups is 1. The third kappa shape index (κ3) is 4.99. The van der Waals surface area contributed by atoms with E-state index in [1.165, 1.54) is 4.90 Å². The molecule has 4 saturated heterocycles. The summed E-state index contributed by atoms with van der Waals surface area (Å²) in [4.78, 5) is 47.8. The highest BCUT2D eigenvalue weighted by Gasteiger charge is 2.51.